The Morgan fingerprint density at radius 2 is 2.19 bits per heavy atom. The average molecular weight is 355 g/mol. The monoisotopic (exact) mass is 354 g/mol. The summed E-state index contributed by atoms with van der Waals surface area (Å²) >= 11 is 3.44. The second-order valence-corrected chi connectivity index (χ2v) is 6.41. The summed E-state index contributed by atoms with van der Waals surface area (Å²) in [5, 5.41) is 3.10. The van der Waals surface area contributed by atoms with Crippen molar-refractivity contribution in [3.8, 4) is 11.5 Å². The lowest BCUT2D eigenvalue weighted by Crippen LogP contribution is -2.46. The lowest BCUT2D eigenvalue weighted by Gasteiger charge is -2.30. The number of carbonyl (C=O) groups excluding carboxylic acids is 1. The van der Waals surface area contributed by atoms with E-state index in [-0.39, 0.29) is 11.9 Å². The maximum Gasteiger partial charge on any atom is 0.251 e. The molecule has 2 heterocycles. The molecular formula is C15H19BrN2O3. The maximum absolute atomic E-state index is 12.4. The molecule has 6 heteroatoms. The molecular weight excluding hydrogens is 336 g/mol. The molecule has 0 unspecified atom stereocenters. The molecule has 0 bridgehead atoms. The SMILES string of the molecule is CN1CCC[C@@H](NC(=O)c2cc(Br)c3c(c2)OCCO3)C1. The molecule has 21 heavy (non-hydrogen) atoms. The third-order valence-electron chi connectivity index (χ3n) is 3.82. The fourth-order valence-electron chi connectivity index (χ4n) is 2.79. The third-order valence-corrected chi connectivity index (χ3v) is 4.41. The molecule has 1 amide bonds. The molecule has 2 aliphatic heterocycles. The van der Waals surface area contributed by atoms with E-state index in [1.54, 1.807) is 12.1 Å². The van der Waals surface area contributed by atoms with Crippen LogP contribution in [0.2, 0.25) is 0 Å². The zero-order valence-corrected chi connectivity index (χ0v) is 13.6. The fraction of sp³-hybridized carbons (Fsp3) is 0.533. The standard InChI is InChI=1S/C15H19BrN2O3/c1-18-4-2-3-11(9-18)17-15(19)10-7-12(16)14-13(8-10)20-5-6-21-14/h7-8,11H,2-6,9H2,1H3,(H,17,19)/t11-/m1/s1. The van der Waals surface area contributed by atoms with Crippen LogP contribution in [-0.4, -0.2) is 50.2 Å². The van der Waals surface area contributed by atoms with Gasteiger partial charge in [0.2, 0.25) is 0 Å². The maximum atomic E-state index is 12.4. The number of benzene rings is 1. The van der Waals surface area contributed by atoms with Gasteiger partial charge in [-0.3, -0.25) is 4.79 Å². The number of likely N-dealkylation sites (tertiary alicyclic amines) is 1. The molecule has 1 aromatic carbocycles. The van der Waals surface area contributed by atoms with Crippen molar-refractivity contribution in [1.82, 2.24) is 10.2 Å². The van der Waals surface area contributed by atoms with E-state index in [0.717, 1.165) is 30.4 Å². The van der Waals surface area contributed by atoms with Crippen LogP contribution in [0.4, 0.5) is 0 Å². The summed E-state index contributed by atoms with van der Waals surface area (Å²) in [6.07, 6.45) is 2.15. The molecule has 1 aromatic rings. The Kier molecular flexibility index (Phi) is 4.35. The number of amides is 1. The molecule has 1 N–H and O–H groups in total. The second kappa shape index (κ2) is 6.23. The lowest BCUT2D eigenvalue weighted by molar-refractivity contribution is 0.0911. The summed E-state index contributed by atoms with van der Waals surface area (Å²) in [5.74, 6) is 1.24. The van der Waals surface area contributed by atoms with E-state index < -0.39 is 0 Å². The van der Waals surface area contributed by atoms with Crippen molar-refractivity contribution in [3.05, 3.63) is 22.2 Å². The molecule has 3 rings (SSSR count). The third kappa shape index (κ3) is 3.32. The van der Waals surface area contributed by atoms with Crippen LogP contribution < -0.4 is 14.8 Å². The van der Waals surface area contributed by atoms with Crippen molar-refractivity contribution in [2.75, 3.05) is 33.4 Å². The zero-order valence-electron chi connectivity index (χ0n) is 12.0. The summed E-state index contributed by atoms with van der Waals surface area (Å²) in [6, 6.07) is 3.75. The van der Waals surface area contributed by atoms with Crippen LogP contribution in [0, 0.1) is 0 Å². The summed E-state index contributed by atoms with van der Waals surface area (Å²) < 4.78 is 11.9. The van der Waals surface area contributed by atoms with Crippen LogP contribution in [0.5, 0.6) is 11.5 Å². The van der Waals surface area contributed by atoms with Crippen LogP contribution in [-0.2, 0) is 0 Å². The Balaban J connectivity index is 1.74. The van der Waals surface area contributed by atoms with Crippen molar-refractivity contribution in [2.24, 2.45) is 0 Å². The van der Waals surface area contributed by atoms with Crippen LogP contribution in [0.1, 0.15) is 23.2 Å². The molecule has 114 valence electrons. The van der Waals surface area contributed by atoms with Gasteiger partial charge in [0.15, 0.2) is 11.5 Å². The summed E-state index contributed by atoms with van der Waals surface area (Å²) in [6.45, 7) is 3.04. The van der Waals surface area contributed by atoms with Crippen LogP contribution in [0.3, 0.4) is 0 Å². The Bertz CT molecular complexity index is 550. The average Bonchev–Trinajstić information content (AvgIpc) is 2.47. The first-order chi connectivity index (χ1) is 10.1. The summed E-state index contributed by atoms with van der Waals surface area (Å²) in [4.78, 5) is 14.7. The molecule has 0 aliphatic carbocycles. The normalized spacial score (nSPS) is 21.9. The van der Waals surface area contributed by atoms with E-state index in [1.807, 2.05) is 0 Å². The predicted octanol–water partition coefficient (Wildman–Crippen LogP) is 2.04. The van der Waals surface area contributed by atoms with E-state index in [1.165, 1.54) is 0 Å². The first kappa shape index (κ1) is 14.7. The lowest BCUT2D eigenvalue weighted by atomic mass is 10.1. The number of fused-ring (bicyclic) bond motifs is 1. The minimum absolute atomic E-state index is 0.0621. The number of likely N-dealkylation sites (N-methyl/N-ethyl adjacent to an activating group) is 1. The van der Waals surface area contributed by atoms with E-state index in [0.29, 0.717) is 30.3 Å². The second-order valence-electron chi connectivity index (χ2n) is 5.56. The number of piperidine rings is 1. The molecule has 0 aromatic heterocycles. The van der Waals surface area contributed by atoms with Crippen LogP contribution >= 0.6 is 15.9 Å². The quantitative estimate of drug-likeness (QED) is 0.882. The number of ether oxygens (including phenoxy) is 2. The Morgan fingerprint density at radius 3 is 3.00 bits per heavy atom. The van der Waals surface area contributed by atoms with Crippen molar-refractivity contribution < 1.29 is 14.3 Å². The van der Waals surface area contributed by atoms with Gasteiger partial charge in [-0.25, -0.2) is 0 Å². The highest BCUT2D eigenvalue weighted by molar-refractivity contribution is 9.10. The van der Waals surface area contributed by atoms with Crippen molar-refractivity contribution in [2.45, 2.75) is 18.9 Å². The molecule has 0 spiro atoms. The smallest absolute Gasteiger partial charge is 0.251 e. The van der Waals surface area contributed by atoms with Crippen molar-refractivity contribution >= 4 is 21.8 Å². The molecule has 2 aliphatic rings. The Hall–Kier alpha value is -1.27. The van der Waals surface area contributed by atoms with Gasteiger partial charge in [0.1, 0.15) is 13.2 Å². The highest BCUT2D eigenvalue weighted by Crippen LogP contribution is 2.38. The fourth-order valence-corrected chi connectivity index (χ4v) is 3.35. The van der Waals surface area contributed by atoms with E-state index in [2.05, 4.69) is 33.2 Å². The molecule has 1 fully saturated rings. The number of rotatable bonds is 2. The van der Waals surface area contributed by atoms with Gasteiger partial charge in [-0.05, 0) is 54.5 Å². The predicted molar refractivity (Wildman–Crippen MR) is 83.1 cm³/mol. The van der Waals surface area contributed by atoms with Gasteiger partial charge in [-0.2, -0.15) is 0 Å². The first-order valence-corrected chi connectivity index (χ1v) is 8.01. The zero-order chi connectivity index (χ0) is 14.8. The Labute approximate surface area is 132 Å². The number of carbonyl (C=O) groups is 1. The van der Waals surface area contributed by atoms with Crippen molar-refractivity contribution in [1.29, 1.82) is 0 Å². The van der Waals surface area contributed by atoms with Crippen molar-refractivity contribution in [3.63, 3.8) is 0 Å². The van der Waals surface area contributed by atoms with Gasteiger partial charge in [-0.15, -0.1) is 0 Å². The highest BCUT2D eigenvalue weighted by Gasteiger charge is 2.22. The summed E-state index contributed by atoms with van der Waals surface area (Å²) in [5.41, 5.74) is 0.597. The molecule has 5 nitrogen and oxygen atoms in total. The van der Waals surface area contributed by atoms with Gasteiger partial charge < -0.3 is 19.7 Å². The largest absolute Gasteiger partial charge is 0.486 e. The van der Waals surface area contributed by atoms with E-state index in [4.69, 9.17) is 9.47 Å². The van der Waals surface area contributed by atoms with Gasteiger partial charge in [-0.1, -0.05) is 0 Å². The van der Waals surface area contributed by atoms with E-state index in [9.17, 15) is 4.79 Å². The van der Waals surface area contributed by atoms with Crippen LogP contribution in [0.15, 0.2) is 16.6 Å². The molecule has 0 radical (unpaired) electrons. The molecule has 1 saturated heterocycles. The number of hydrogen-bond donors (Lipinski definition) is 1. The molecule has 1 atom stereocenters. The number of nitrogens with one attached hydrogen (secondary N) is 1. The van der Waals surface area contributed by atoms with Crippen LogP contribution in [0.25, 0.3) is 0 Å². The van der Waals surface area contributed by atoms with Gasteiger partial charge in [0, 0.05) is 18.2 Å². The summed E-state index contributed by atoms with van der Waals surface area (Å²) in [7, 11) is 2.08. The van der Waals surface area contributed by atoms with Gasteiger partial charge in [0.05, 0.1) is 4.47 Å². The highest BCUT2D eigenvalue weighted by atomic mass is 79.9. The van der Waals surface area contributed by atoms with E-state index >= 15 is 0 Å². The van der Waals surface area contributed by atoms with Gasteiger partial charge >= 0.3 is 0 Å². The number of hydrogen-bond acceptors (Lipinski definition) is 4. The number of halogens is 1. The topological polar surface area (TPSA) is 50.8 Å². The first-order valence-electron chi connectivity index (χ1n) is 7.22. The Morgan fingerprint density at radius 1 is 1.38 bits per heavy atom. The molecule has 0 saturated carbocycles. The van der Waals surface area contributed by atoms with Gasteiger partial charge in [0.25, 0.3) is 5.91 Å². The minimum Gasteiger partial charge on any atom is -0.486 e. The number of nitrogens with zero attached hydrogens (tertiary/aromatic N) is 1. The minimum atomic E-state index is -0.0621.